The van der Waals surface area contributed by atoms with Crippen molar-refractivity contribution in [3.63, 3.8) is 0 Å². The number of hydrogen-bond acceptors (Lipinski definition) is 3. The summed E-state index contributed by atoms with van der Waals surface area (Å²) in [6, 6.07) is 0. The van der Waals surface area contributed by atoms with Crippen LogP contribution in [0.3, 0.4) is 0 Å². The lowest BCUT2D eigenvalue weighted by Gasteiger charge is -2.27. The maximum atomic E-state index is 12.0. The molecule has 0 fully saturated rings. The smallest absolute Gasteiger partial charge is 0.292 e. The zero-order chi connectivity index (χ0) is 9.35. The van der Waals surface area contributed by atoms with Gasteiger partial charge in [-0.3, -0.25) is 9.91 Å². The molecule has 0 bridgehead atoms. The Morgan fingerprint density at radius 1 is 1.25 bits per heavy atom. The van der Waals surface area contributed by atoms with Crippen molar-refractivity contribution >= 4 is 0 Å². The molecule has 1 aliphatic rings. The van der Waals surface area contributed by atoms with Gasteiger partial charge in [0, 0.05) is 26.5 Å². The third-order valence-corrected chi connectivity index (χ3v) is 1.56. The van der Waals surface area contributed by atoms with E-state index in [0.29, 0.717) is 4.90 Å². The fraction of sp³-hybridized carbons (Fsp3) is 0.667. The summed E-state index contributed by atoms with van der Waals surface area (Å²) >= 11 is 0. The van der Waals surface area contributed by atoms with Crippen LogP contribution in [0.5, 0.6) is 0 Å². The topological polar surface area (TPSA) is 9.72 Å². The van der Waals surface area contributed by atoms with Gasteiger partial charge >= 0.3 is 6.30 Å². The Bertz CT molecular complexity index is 187. The molecule has 0 spiro atoms. The van der Waals surface area contributed by atoms with Gasteiger partial charge in [0.25, 0.3) is 0 Å². The molecule has 0 aliphatic carbocycles. The molecule has 0 atom stereocenters. The number of alkyl halides is 3. The maximum Gasteiger partial charge on any atom is 0.485 e. The molecule has 1 aliphatic heterocycles. The summed E-state index contributed by atoms with van der Waals surface area (Å²) in [5, 5.41) is 3.04. The minimum Gasteiger partial charge on any atom is -0.292 e. The Balaban J connectivity index is 2.54. The molecule has 0 radical (unpaired) electrons. The summed E-state index contributed by atoms with van der Waals surface area (Å²) in [6.45, 7) is -0.170. The quantitative estimate of drug-likeness (QED) is 0.559. The molecule has 0 aromatic rings. The normalized spacial score (nSPS) is 18.2. The molecule has 0 amide bonds. The summed E-state index contributed by atoms with van der Waals surface area (Å²) in [5.74, 6) is 0. The van der Waals surface area contributed by atoms with Crippen LogP contribution in [0.1, 0.15) is 0 Å². The average Bonchev–Trinajstić information content (AvgIpc) is 2.30. The lowest BCUT2D eigenvalue weighted by Crippen LogP contribution is -2.40. The summed E-state index contributed by atoms with van der Waals surface area (Å²) in [6.07, 6.45) is -1.88. The molecule has 0 saturated heterocycles. The standard InChI is InChI=1S/C6H10F3N3/c1-10(2)12-4-3-11(5-12)6(7,8)9/h3-4H,5H2,1-2H3. The van der Waals surface area contributed by atoms with Crippen molar-refractivity contribution in [1.29, 1.82) is 0 Å². The molecular formula is C6H10F3N3. The van der Waals surface area contributed by atoms with Crippen molar-refractivity contribution in [3.8, 4) is 0 Å². The minimum absolute atomic E-state index is 0.170. The van der Waals surface area contributed by atoms with E-state index in [9.17, 15) is 13.2 Å². The van der Waals surface area contributed by atoms with E-state index in [0.717, 1.165) is 6.20 Å². The Hall–Kier alpha value is -0.910. The van der Waals surface area contributed by atoms with Crippen LogP contribution in [0.2, 0.25) is 0 Å². The van der Waals surface area contributed by atoms with Crippen LogP contribution in [-0.4, -0.2) is 42.0 Å². The summed E-state index contributed by atoms with van der Waals surface area (Å²) in [4.78, 5) is 0.312. The van der Waals surface area contributed by atoms with E-state index < -0.39 is 6.30 Å². The first kappa shape index (κ1) is 9.18. The second kappa shape index (κ2) is 2.85. The van der Waals surface area contributed by atoms with Crippen molar-refractivity contribution in [3.05, 3.63) is 12.4 Å². The van der Waals surface area contributed by atoms with E-state index in [1.165, 1.54) is 11.2 Å². The number of hydrogen-bond donors (Lipinski definition) is 0. The van der Waals surface area contributed by atoms with Gasteiger partial charge in [-0.25, -0.2) is 5.01 Å². The molecule has 0 saturated carbocycles. The van der Waals surface area contributed by atoms with Crippen LogP contribution in [0.15, 0.2) is 12.4 Å². The Morgan fingerprint density at radius 2 is 1.83 bits per heavy atom. The second-order valence-electron chi connectivity index (χ2n) is 2.66. The first-order valence-electron chi connectivity index (χ1n) is 3.37. The van der Waals surface area contributed by atoms with Crippen LogP contribution < -0.4 is 0 Å². The molecule has 0 aromatic carbocycles. The van der Waals surface area contributed by atoms with E-state index in [2.05, 4.69) is 0 Å². The lowest BCUT2D eigenvalue weighted by atomic mass is 10.8. The molecule has 70 valence electrons. The fourth-order valence-electron chi connectivity index (χ4n) is 0.832. The second-order valence-corrected chi connectivity index (χ2v) is 2.66. The summed E-state index contributed by atoms with van der Waals surface area (Å²) in [7, 11) is 3.37. The van der Waals surface area contributed by atoms with Crippen molar-refractivity contribution in [2.75, 3.05) is 20.8 Å². The highest BCUT2D eigenvalue weighted by atomic mass is 19.4. The molecule has 0 aromatic heterocycles. The lowest BCUT2D eigenvalue weighted by molar-refractivity contribution is -0.235. The van der Waals surface area contributed by atoms with Crippen LogP contribution in [-0.2, 0) is 0 Å². The molecule has 3 nitrogen and oxygen atoms in total. The summed E-state index contributed by atoms with van der Waals surface area (Å²) < 4.78 is 36.1. The molecule has 0 unspecified atom stereocenters. The molecule has 6 heteroatoms. The third kappa shape index (κ3) is 1.82. The first-order valence-corrected chi connectivity index (χ1v) is 3.37. The van der Waals surface area contributed by atoms with E-state index in [-0.39, 0.29) is 6.67 Å². The zero-order valence-electron chi connectivity index (χ0n) is 6.84. The predicted octanol–water partition coefficient (Wildman–Crippen LogP) is 1.03. The first-order chi connectivity index (χ1) is 5.41. The van der Waals surface area contributed by atoms with Gasteiger partial charge in [-0.2, -0.15) is 13.2 Å². The van der Waals surface area contributed by atoms with Crippen molar-refractivity contribution < 1.29 is 13.2 Å². The van der Waals surface area contributed by atoms with E-state index >= 15 is 0 Å². The van der Waals surface area contributed by atoms with Gasteiger partial charge in [0.05, 0.1) is 0 Å². The Labute approximate surface area is 68.6 Å². The molecular weight excluding hydrogens is 171 g/mol. The summed E-state index contributed by atoms with van der Waals surface area (Å²) in [5.41, 5.74) is 0. The average molecular weight is 181 g/mol. The fourth-order valence-corrected chi connectivity index (χ4v) is 0.832. The number of halogens is 3. The molecule has 0 N–H and O–H groups in total. The van der Waals surface area contributed by atoms with E-state index in [1.54, 1.807) is 19.1 Å². The van der Waals surface area contributed by atoms with Crippen LogP contribution in [0, 0.1) is 0 Å². The molecule has 1 rings (SSSR count). The van der Waals surface area contributed by atoms with Crippen LogP contribution >= 0.6 is 0 Å². The van der Waals surface area contributed by atoms with Gasteiger partial charge in [0.2, 0.25) is 0 Å². The minimum atomic E-state index is -4.28. The predicted molar refractivity (Wildman–Crippen MR) is 37.4 cm³/mol. The highest BCUT2D eigenvalue weighted by molar-refractivity contribution is 4.89. The Morgan fingerprint density at radius 3 is 2.08 bits per heavy atom. The largest absolute Gasteiger partial charge is 0.485 e. The van der Waals surface area contributed by atoms with Crippen molar-refractivity contribution in [2.45, 2.75) is 6.30 Å². The van der Waals surface area contributed by atoms with Gasteiger partial charge in [0.15, 0.2) is 0 Å². The van der Waals surface area contributed by atoms with Gasteiger partial charge in [0.1, 0.15) is 6.67 Å². The van der Waals surface area contributed by atoms with Gasteiger partial charge in [-0.05, 0) is 0 Å². The number of hydrazine groups is 1. The van der Waals surface area contributed by atoms with Crippen molar-refractivity contribution in [1.82, 2.24) is 14.9 Å². The highest BCUT2D eigenvalue weighted by Crippen LogP contribution is 2.24. The molecule has 12 heavy (non-hydrogen) atoms. The maximum absolute atomic E-state index is 12.0. The highest BCUT2D eigenvalue weighted by Gasteiger charge is 2.38. The molecule has 1 heterocycles. The SMILES string of the molecule is CN(C)N1C=CN(C(F)(F)F)C1. The van der Waals surface area contributed by atoms with Gasteiger partial charge in [-0.15, -0.1) is 0 Å². The van der Waals surface area contributed by atoms with E-state index in [1.807, 2.05) is 0 Å². The van der Waals surface area contributed by atoms with Gasteiger partial charge in [-0.1, -0.05) is 0 Å². The van der Waals surface area contributed by atoms with Crippen LogP contribution in [0.4, 0.5) is 13.2 Å². The zero-order valence-corrected chi connectivity index (χ0v) is 6.84. The monoisotopic (exact) mass is 181 g/mol. The van der Waals surface area contributed by atoms with Crippen molar-refractivity contribution in [2.24, 2.45) is 0 Å². The van der Waals surface area contributed by atoms with Gasteiger partial charge < -0.3 is 0 Å². The number of nitrogens with zero attached hydrogens (tertiary/aromatic N) is 3. The van der Waals surface area contributed by atoms with E-state index in [4.69, 9.17) is 0 Å². The Kier molecular flexibility index (Phi) is 2.18. The number of rotatable bonds is 1. The third-order valence-electron chi connectivity index (χ3n) is 1.56. The van der Waals surface area contributed by atoms with Crippen LogP contribution in [0.25, 0.3) is 0 Å².